The Labute approximate surface area is 115 Å². The minimum atomic E-state index is -1.29. The molecule has 3 nitrogen and oxygen atoms in total. The lowest BCUT2D eigenvalue weighted by molar-refractivity contribution is 0.493. The molecule has 2 radical (unpaired) electrons. The molecule has 0 fully saturated rings. The molecule has 5 heteroatoms. The minimum absolute atomic E-state index is 0.592. The van der Waals surface area contributed by atoms with Gasteiger partial charge < -0.3 is 0 Å². The van der Waals surface area contributed by atoms with E-state index in [1.165, 1.54) is 10.5 Å². The summed E-state index contributed by atoms with van der Waals surface area (Å²) in [5, 5.41) is 0. The van der Waals surface area contributed by atoms with Gasteiger partial charge in [-0.25, -0.2) is 12.9 Å². The highest BCUT2D eigenvalue weighted by Gasteiger charge is 2.33. The van der Waals surface area contributed by atoms with Gasteiger partial charge in [0.2, 0.25) is 0 Å². The fourth-order valence-electron chi connectivity index (χ4n) is 2.42. The van der Waals surface area contributed by atoms with Crippen LogP contribution in [0.4, 0.5) is 0 Å². The van der Waals surface area contributed by atoms with Gasteiger partial charge in [0.1, 0.15) is 0 Å². The summed E-state index contributed by atoms with van der Waals surface area (Å²) in [5.74, 6) is 0. The van der Waals surface area contributed by atoms with Crippen LogP contribution >= 0.6 is 10.6 Å². The van der Waals surface area contributed by atoms with Crippen LogP contribution in [0.1, 0.15) is 5.56 Å². The standard InChI is InChI=1S/C13H24BN3S/c1-15(2)18(16(3)4,17(5)6)13-9-7-12(11-14)8-10-13/h7-10H,11H2,1-6H3. The van der Waals surface area contributed by atoms with Crippen molar-refractivity contribution in [2.45, 2.75) is 11.2 Å². The van der Waals surface area contributed by atoms with Gasteiger partial charge in [-0.15, -0.1) is 0 Å². The van der Waals surface area contributed by atoms with E-state index in [0.29, 0.717) is 6.32 Å². The van der Waals surface area contributed by atoms with Crippen molar-refractivity contribution in [1.82, 2.24) is 12.9 Å². The Balaban J connectivity index is 3.32. The van der Waals surface area contributed by atoms with Crippen molar-refractivity contribution in [1.29, 1.82) is 0 Å². The molecule has 0 unspecified atom stereocenters. The van der Waals surface area contributed by atoms with Crippen molar-refractivity contribution in [2.24, 2.45) is 0 Å². The van der Waals surface area contributed by atoms with Crippen LogP contribution < -0.4 is 0 Å². The van der Waals surface area contributed by atoms with Crippen LogP contribution in [0.5, 0.6) is 0 Å². The third-order valence-electron chi connectivity index (χ3n) is 3.00. The van der Waals surface area contributed by atoms with Crippen LogP contribution in [0.15, 0.2) is 29.2 Å². The van der Waals surface area contributed by atoms with Crippen LogP contribution in [-0.4, -0.2) is 63.0 Å². The van der Waals surface area contributed by atoms with Gasteiger partial charge in [-0.1, -0.05) is 24.0 Å². The third kappa shape index (κ3) is 2.59. The van der Waals surface area contributed by atoms with Gasteiger partial charge in [0.05, 0.1) is 7.85 Å². The molecule has 0 spiro atoms. The Hall–Kier alpha value is -0.485. The number of rotatable bonds is 5. The van der Waals surface area contributed by atoms with Crippen molar-refractivity contribution < 1.29 is 0 Å². The lowest BCUT2D eigenvalue weighted by atomic mass is 9.97. The first-order valence-corrected chi connectivity index (χ1v) is 7.52. The first kappa shape index (κ1) is 15.6. The lowest BCUT2D eigenvalue weighted by Gasteiger charge is -2.54. The summed E-state index contributed by atoms with van der Waals surface area (Å²) in [7, 11) is 17.2. The lowest BCUT2D eigenvalue weighted by Crippen LogP contribution is -2.40. The van der Waals surface area contributed by atoms with Gasteiger partial charge in [-0.3, -0.25) is 0 Å². The maximum atomic E-state index is 5.66. The molecule has 0 saturated heterocycles. The summed E-state index contributed by atoms with van der Waals surface area (Å²) in [4.78, 5) is 1.32. The van der Waals surface area contributed by atoms with Crippen LogP contribution in [0.3, 0.4) is 0 Å². The van der Waals surface area contributed by atoms with E-state index in [9.17, 15) is 0 Å². The number of nitrogens with zero attached hydrogens (tertiary/aromatic N) is 3. The summed E-state index contributed by atoms with van der Waals surface area (Å²) in [6, 6.07) is 8.62. The molecule has 0 aliphatic rings. The summed E-state index contributed by atoms with van der Waals surface area (Å²) < 4.78 is 6.89. The van der Waals surface area contributed by atoms with Crippen LogP contribution in [0.25, 0.3) is 0 Å². The smallest absolute Gasteiger partial charge is 0.0716 e. The Bertz CT molecular complexity index is 355. The zero-order chi connectivity index (χ0) is 13.9. The van der Waals surface area contributed by atoms with Gasteiger partial charge in [0.25, 0.3) is 0 Å². The van der Waals surface area contributed by atoms with Crippen LogP contribution in [0.2, 0.25) is 0 Å². The second-order valence-electron chi connectivity index (χ2n) is 4.80. The molecular weight excluding hydrogens is 241 g/mol. The van der Waals surface area contributed by atoms with E-state index < -0.39 is 10.6 Å². The zero-order valence-corrected chi connectivity index (χ0v) is 13.2. The van der Waals surface area contributed by atoms with Crippen LogP contribution in [-0.2, 0) is 6.32 Å². The summed E-state index contributed by atoms with van der Waals surface area (Å²) in [5.41, 5.74) is 1.17. The second kappa shape index (κ2) is 6.11. The molecule has 100 valence electrons. The summed E-state index contributed by atoms with van der Waals surface area (Å²) in [6.45, 7) is 0. The fraction of sp³-hybridized carbons (Fsp3) is 0.538. The summed E-state index contributed by atoms with van der Waals surface area (Å²) >= 11 is 0. The molecule has 0 saturated carbocycles. The molecule has 0 amide bonds. The maximum Gasteiger partial charge on any atom is 0.0716 e. The van der Waals surface area contributed by atoms with Crippen molar-refractivity contribution in [2.75, 3.05) is 42.3 Å². The molecule has 0 aromatic heterocycles. The Kier molecular flexibility index (Phi) is 5.28. The predicted molar refractivity (Wildman–Crippen MR) is 82.8 cm³/mol. The molecule has 1 rings (SSSR count). The molecule has 0 atom stereocenters. The van der Waals surface area contributed by atoms with Gasteiger partial charge in [-0.2, -0.15) is 0 Å². The second-order valence-corrected chi connectivity index (χ2v) is 8.50. The number of benzene rings is 1. The molecule has 0 bridgehead atoms. The van der Waals surface area contributed by atoms with E-state index in [1.54, 1.807) is 0 Å². The molecule has 1 aromatic carbocycles. The van der Waals surface area contributed by atoms with Crippen molar-refractivity contribution in [3.8, 4) is 0 Å². The monoisotopic (exact) mass is 265 g/mol. The largest absolute Gasteiger partial charge is 0.247 e. The van der Waals surface area contributed by atoms with E-state index in [0.717, 1.165) is 0 Å². The topological polar surface area (TPSA) is 9.72 Å². The summed E-state index contributed by atoms with van der Waals surface area (Å²) in [6.07, 6.45) is 0.592. The molecular formula is C13H24BN3S. The van der Waals surface area contributed by atoms with E-state index in [2.05, 4.69) is 79.5 Å². The Morgan fingerprint density at radius 1 is 0.833 bits per heavy atom. The molecule has 0 aliphatic heterocycles. The van der Waals surface area contributed by atoms with Gasteiger partial charge in [-0.05, 0) is 65.0 Å². The van der Waals surface area contributed by atoms with Gasteiger partial charge in [0.15, 0.2) is 0 Å². The van der Waals surface area contributed by atoms with E-state index in [-0.39, 0.29) is 0 Å². The quantitative estimate of drug-likeness (QED) is 0.753. The molecule has 18 heavy (non-hydrogen) atoms. The fourth-order valence-corrected chi connectivity index (χ4v) is 6.15. The average molecular weight is 265 g/mol. The van der Waals surface area contributed by atoms with E-state index in [4.69, 9.17) is 7.85 Å². The first-order chi connectivity index (χ1) is 8.37. The number of hydrogen-bond donors (Lipinski definition) is 0. The molecule has 0 aliphatic carbocycles. The normalized spacial score (nSPS) is 13.6. The predicted octanol–water partition coefficient (Wildman–Crippen LogP) is 1.95. The zero-order valence-electron chi connectivity index (χ0n) is 12.3. The van der Waals surface area contributed by atoms with E-state index in [1.807, 2.05) is 0 Å². The SMILES string of the molecule is [B]Cc1ccc(S(N(C)C)(N(C)C)N(C)C)cc1. The van der Waals surface area contributed by atoms with Crippen molar-refractivity contribution in [3.63, 3.8) is 0 Å². The average Bonchev–Trinajstić information content (AvgIpc) is 2.29. The minimum Gasteiger partial charge on any atom is -0.247 e. The van der Waals surface area contributed by atoms with Gasteiger partial charge in [0, 0.05) is 4.90 Å². The molecule has 1 aromatic rings. The number of hydrogen-bond acceptors (Lipinski definition) is 3. The molecule has 0 heterocycles. The highest BCUT2D eigenvalue weighted by Crippen LogP contribution is 2.60. The highest BCUT2D eigenvalue weighted by molar-refractivity contribution is 8.27. The highest BCUT2D eigenvalue weighted by atomic mass is 32.3. The first-order valence-electron chi connectivity index (χ1n) is 6.02. The maximum absolute atomic E-state index is 5.66. The van der Waals surface area contributed by atoms with Crippen molar-refractivity contribution >= 4 is 18.4 Å². The van der Waals surface area contributed by atoms with Crippen molar-refractivity contribution in [3.05, 3.63) is 29.8 Å². The van der Waals surface area contributed by atoms with Gasteiger partial charge >= 0.3 is 0 Å². The Morgan fingerprint density at radius 3 is 1.50 bits per heavy atom. The van der Waals surface area contributed by atoms with E-state index >= 15 is 0 Å². The third-order valence-corrected chi connectivity index (χ3v) is 6.96. The van der Waals surface area contributed by atoms with Crippen LogP contribution in [0, 0.1) is 0 Å². The Morgan fingerprint density at radius 2 is 1.22 bits per heavy atom. The molecule has 0 N–H and O–H groups in total.